The van der Waals surface area contributed by atoms with Crippen LogP contribution in [0.1, 0.15) is 15.9 Å². The van der Waals surface area contributed by atoms with Gasteiger partial charge in [-0.1, -0.05) is 6.07 Å². The Balaban J connectivity index is 2.23. The van der Waals surface area contributed by atoms with Crippen molar-refractivity contribution in [3.63, 3.8) is 0 Å². The van der Waals surface area contributed by atoms with Crippen LogP contribution in [0, 0.1) is 12.7 Å². The van der Waals surface area contributed by atoms with Crippen molar-refractivity contribution in [2.75, 3.05) is 12.4 Å². The summed E-state index contributed by atoms with van der Waals surface area (Å²) in [6.45, 7) is 1.83. The van der Waals surface area contributed by atoms with Crippen molar-refractivity contribution in [1.82, 2.24) is 0 Å². The van der Waals surface area contributed by atoms with Gasteiger partial charge in [0.1, 0.15) is 0 Å². The van der Waals surface area contributed by atoms with Gasteiger partial charge < -0.3 is 10.1 Å². The number of nitrogens with one attached hydrogen (secondary N) is 1. The minimum Gasteiger partial charge on any atom is -0.494 e. The monoisotopic (exact) mass is 291 g/mol. The number of rotatable bonds is 3. The van der Waals surface area contributed by atoms with E-state index in [0.29, 0.717) is 16.1 Å². The molecule has 0 aliphatic rings. The number of amides is 1. The Kier molecular flexibility index (Phi) is 4.29. The van der Waals surface area contributed by atoms with Crippen molar-refractivity contribution < 1.29 is 13.9 Å². The molecule has 0 bridgehead atoms. The number of methoxy groups -OCH3 is 1. The normalized spacial score (nSPS) is 10.2. The summed E-state index contributed by atoms with van der Waals surface area (Å²) >= 11 is 4.21. The Morgan fingerprint density at radius 3 is 2.65 bits per heavy atom. The number of anilines is 1. The number of hydrogen-bond donors (Lipinski definition) is 2. The second-order valence-electron chi connectivity index (χ2n) is 4.30. The standard InChI is InChI=1S/C15H14FNO2S/c1-9-3-5-11(20)8-12(9)15(18)17-10-4-6-14(19-2)13(16)7-10/h3-8,20H,1-2H3,(H,17,18). The summed E-state index contributed by atoms with van der Waals surface area (Å²) in [5.74, 6) is -0.690. The number of halogens is 1. The smallest absolute Gasteiger partial charge is 0.255 e. The molecule has 1 amide bonds. The van der Waals surface area contributed by atoms with Crippen LogP contribution in [0.5, 0.6) is 5.75 Å². The van der Waals surface area contributed by atoms with Crippen LogP contribution in [-0.2, 0) is 0 Å². The Labute approximate surface area is 122 Å². The van der Waals surface area contributed by atoms with Crippen LogP contribution in [0.15, 0.2) is 41.3 Å². The predicted octanol–water partition coefficient (Wildman–Crippen LogP) is 3.68. The molecule has 0 radical (unpaired) electrons. The molecule has 1 N–H and O–H groups in total. The molecule has 0 aliphatic heterocycles. The first-order valence-corrected chi connectivity index (χ1v) is 6.40. The van der Waals surface area contributed by atoms with Gasteiger partial charge >= 0.3 is 0 Å². The number of carbonyl (C=O) groups is 1. The van der Waals surface area contributed by atoms with Gasteiger partial charge in [0, 0.05) is 22.2 Å². The molecule has 5 heteroatoms. The number of carbonyl (C=O) groups excluding carboxylic acids is 1. The van der Waals surface area contributed by atoms with Crippen LogP contribution in [0.25, 0.3) is 0 Å². The first-order chi connectivity index (χ1) is 9.51. The minimum absolute atomic E-state index is 0.136. The Hall–Kier alpha value is -2.01. The average molecular weight is 291 g/mol. The van der Waals surface area contributed by atoms with Crippen LogP contribution in [0.2, 0.25) is 0 Å². The van der Waals surface area contributed by atoms with Crippen LogP contribution in [0.4, 0.5) is 10.1 Å². The van der Waals surface area contributed by atoms with Crippen molar-refractivity contribution in [3.8, 4) is 5.75 Å². The zero-order chi connectivity index (χ0) is 14.7. The quantitative estimate of drug-likeness (QED) is 0.847. The lowest BCUT2D eigenvalue weighted by atomic mass is 10.1. The summed E-state index contributed by atoms with van der Waals surface area (Å²) in [6.07, 6.45) is 0. The van der Waals surface area contributed by atoms with E-state index in [-0.39, 0.29) is 11.7 Å². The molecule has 104 valence electrons. The zero-order valence-corrected chi connectivity index (χ0v) is 12.0. The highest BCUT2D eigenvalue weighted by molar-refractivity contribution is 7.80. The van der Waals surface area contributed by atoms with Gasteiger partial charge in [0.25, 0.3) is 5.91 Å². The van der Waals surface area contributed by atoms with Gasteiger partial charge in [0.05, 0.1) is 7.11 Å². The first kappa shape index (κ1) is 14.4. The molecule has 0 saturated carbocycles. The van der Waals surface area contributed by atoms with Crippen molar-refractivity contribution in [3.05, 3.63) is 53.3 Å². The SMILES string of the molecule is COc1ccc(NC(=O)c2cc(S)ccc2C)cc1F. The molecule has 2 aromatic carbocycles. The lowest BCUT2D eigenvalue weighted by Crippen LogP contribution is -2.13. The maximum atomic E-state index is 13.6. The summed E-state index contributed by atoms with van der Waals surface area (Å²) in [6, 6.07) is 9.56. The molecule has 0 aromatic heterocycles. The van der Waals surface area contributed by atoms with Crippen LogP contribution >= 0.6 is 12.6 Å². The first-order valence-electron chi connectivity index (χ1n) is 5.96. The van der Waals surface area contributed by atoms with Crippen LogP contribution in [-0.4, -0.2) is 13.0 Å². The molecule has 0 saturated heterocycles. The maximum absolute atomic E-state index is 13.6. The van der Waals surface area contributed by atoms with E-state index in [0.717, 1.165) is 5.56 Å². The predicted molar refractivity (Wildman–Crippen MR) is 79.3 cm³/mol. The van der Waals surface area contributed by atoms with Gasteiger partial charge in [-0.25, -0.2) is 4.39 Å². The zero-order valence-electron chi connectivity index (χ0n) is 11.1. The van der Waals surface area contributed by atoms with E-state index in [9.17, 15) is 9.18 Å². The molecule has 0 spiro atoms. The Morgan fingerprint density at radius 1 is 1.25 bits per heavy atom. The third kappa shape index (κ3) is 3.11. The fourth-order valence-electron chi connectivity index (χ4n) is 1.80. The van der Waals surface area contributed by atoms with Gasteiger partial charge in [0.15, 0.2) is 11.6 Å². The fourth-order valence-corrected chi connectivity index (χ4v) is 2.00. The molecule has 0 unspecified atom stereocenters. The largest absolute Gasteiger partial charge is 0.494 e. The van der Waals surface area contributed by atoms with Gasteiger partial charge in [-0.3, -0.25) is 4.79 Å². The summed E-state index contributed by atoms with van der Waals surface area (Å²) < 4.78 is 18.4. The molecule has 0 aliphatic carbocycles. The Morgan fingerprint density at radius 2 is 2.00 bits per heavy atom. The highest BCUT2D eigenvalue weighted by Crippen LogP contribution is 2.22. The van der Waals surface area contributed by atoms with Crippen molar-refractivity contribution in [2.24, 2.45) is 0 Å². The summed E-state index contributed by atoms with van der Waals surface area (Å²) in [5.41, 5.74) is 1.71. The van der Waals surface area contributed by atoms with Crippen LogP contribution < -0.4 is 10.1 Å². The van der Waals surface area contributed by atoms with Crippen LogP contribution in [0.3, 0.4) is 0 Å². The summed E-state index contributed by atoms with van der Waals surface area (Å²) in [7, 11) is 1.39. The van der Waals surface area contributed by atoms with Crippen molar-refractivity contribution >= 4 is 24.2 Å². The Bertz CT molecular complexity index is 658. The third-order valence-corrected chi connectivity index (χ3v) is 3.15. The highest BCUT2D eigenvalue weighted by Gasteiger charge is 2.11. The van der Waals surface area contributed by atoms with Gasteiger partial charge in [0.2, 0.25) is 0 Å². The maximum Gasteiger partial charge on any atom is 0.255 e. The molecular formula is C15H14FNO2S. The number of hydrogen-bond acceptors (Lipinski definition) is 3. The molecule has 0 fully saturated rings. The number of thiol groups is 1. The summed E-state index contributed by atoms with van der Waals surface area (Å²) in [4.78, 5) is 12.9. The topological polar surface area (TPSA) is 38.3 Å². The molecule has 3 nitrogen and oxygen atoms in total. The van der Waals surface area contributed by atoms with Crippen molar-refractivity contribution in [1.29, 1.82) is 0 Å². The second kappa shape index (κ2) is 5.96. The fraction of sp³-hybridized carbons (Fsp3) is 0.133. The van der Waals surface area contributed by atoms with E-state index < -0.39 is 5.82 Å². The lowest BCUT2D eigenvalue weighted by Gasteiger charge is -2.09. The minimum atomic E-state index is -0.523. The molecule has 20 heavy (non-hydrogen) atoms. The van der Waals surface area contributed by atoms with E-state index >= 15 is 0 Å². The molecule has 2 aromatic rings. The van der Waals surface area contributed by atoms with E-state index in [1.54, 1.807) is 12.1 Å². The number of aryl methyl sites for hydroxylation is 1. The molecule has 0 atom stereocenters. The summed E-state index contributed by atoms with van der Waals surface area (Å²) in [5, 5.41) is 2.65. The lowest BCUT2D eigenvalue weighted by molar-refractivity contribution is 0.102. The molecular weight excluding hydrogens is 277 g/mol. The van der Waals surface area contributed by atoms with E-state index in [4.69, 9.17) is 4.74 Å². The highest BCUT2D eigenvalue weighted by atomic mass is 32.1. The van der Waals surface area contributed by atoms with E-state index in [1.165, 1.54) is 19.2 Å². The third-order valence-electron chi connectivity index (χ3n) is 2.88. The van der Waals surface area contributed by atoms with Crippen molar-refractivity contribution in [2.45, 2.75) is 11.8 Å². The number of benzene rings is 2. The average Bonchev–Trinajstić information content (AvgIpc) is 2.41. The van der Waals surface area contributed by atoms with Gasteiger partial charge in [-0.2, -0.15) is 0 Å². The van der Waals surface area contributed by atoms with Gasteiger partial charge in [-0.05, 0) is 36.8 Å². The second-order valence-corrected chi connectivity index (χ2v) is 4.82. The number of ether oxygens (including phenoxy) is 1. The van der Waals surface area contributed by atoms with E-state index in [1.807, 2.05) is 19.1 Å². The molecule has 0 heterocycles. The molecule has 2 rings (SSSR count). The van der Waals surface area contributed by atoms with Gasteiger partial charge in [-0.15, -0.1) is 12.6 Å². The van der Waals surface area contributed by atoms with E-state index in [2.05, 4.69) is 17.9 Å².